The first kappa shape index (κ1) is 12.2. The molecule has 0 unspecified atom stereocenters. The van der Waals surface area contributed by atoms with Crippen LogP contribution in [0.25, 0.3) is 6.08 Å². The van der Waals surface area contributed by atoms with Crippen LogP contribution in [0.4, 0.5) is 0 Å². The van der Waals surface area contributed by atoms with Gasteiger partial charge in [0.1, 0.15) is 0 Å². The highest BCUT2D eigenvalue weighted by molar-refractivity contribution is 6.18. The van der Waals surface area contributed by atoms with E-state index >= 15 is 0 Å². The van der Waals surface area contributed by atoms with Gasteiger partial charge in [0.05, 0.1) is 0 Å². The minimum atomic E-state index is -0.143. The maximum atomic E-state index is 11.6. The zero-order valence-corrected chi connectivity index (χ0v) is 10.4. The lowest BCUT2D eigenvalue weighted by molar-refractivity contribution is -0.114. The van der Waals surface area contributed by atoms with Crippen LogP contribution in [0.2, 0.25) is 0 Å². The molecule has 2 rings (SSSR count). The Balaban J connectivity index is 2.32. The van der Waals surface area contributed by atoms with E-state index in [4.69, 9.17) is 0 Å². The summed E-state index contributed by atoms with van der Waals surface area (Å²) in [5.41, 5.74) is 3.83. The molecule has 1 aliphatic rings. The number of allylic oxidation sites excluding steroid dienone is 5. The van der Waals surface area contributed by atoms with Crippen molar-refractivity contribution in [3.63, 3.8) is 0 Å². The molecule has 0 saturated carbocycles. The predicted octanol–water partition coefficient (Wildman–Crippen LogP) is 2.95. The number of aryl methyl sites for hydroxylation is 2. The smallest absolute Gasteiger partial charge is 0.186 e. The molecule has 18 heavy (non-hydrogen) atoms. The van der Waals surface area contributed by atoms with E-state index in [2.05, 4.69) is 0 Å². The van der Waals surface area contributed by atoms with Crippen molar-refractivity contribution >= 4 is 17.6 Å². The molecule has 0 fully saturated rings. The van der Waals surface area contributed by atoms with Crippen molar-refractivity contribution in [3.05, 3.63) is 64.8 Å². The highest BCUT2D eigenvalue weighted by Crippen LogP contribution is 2.17. The molecule has 90 valence electrons. The average molecular weight is 238 g/mol. The molecule has 0 heterocycles. The molecule has 0 radical (unpaired) electrons. The summed E-state index contributed by atoms with van der Waals surface area (Å²) >= 11 is 0. The third kappa shape index (κ3) is 2.54. The standard InChI is InChI=1S/C16H14O2/c1-11-4-3-5-12(2)15(11)8-6-13-10-14(17)7-9-16(13)18/h3-10H,1-2H3. The zero-order valence-electron chi connectivity index (χ0n) is 10.4. The number of hydrogen-bond acceptors (Lipinski definition) is 2. The van der Waals surface area contributed by atoms with Crippen LogP contribution in [0.3, 0.4) is 0 Å². The van der Waals surface area contributed by atoms with Crippen LogP contribution in [0.5, 0.6) is 0 Å². The Morgan fingerprint density at radius 2 is 1.61 bits per heavy atom. The second-order valence-electron chi connectivity index (χ2n) is 4.34. The van der Waals surface area contributed by atoms with Gasteiger partial charge in [-0.25, -0.2) is 0 Å². The van der Waals surface area contributed by atoms with E-state index in [1.807, 2.05) is 38.1 Å². The summed E-state index contributed by atoms with van der Waals surface area (Å²) < 4.78 is 0. The van der Waals surface area contributed by atoms with Crippen molar-refractivity contribution in [3.8, 4) is 0 Å². The monoisotopic (exact) mass is 238 g/mol. The van der Waals surface area contributed by atoms with Gasteiger partial charge in [0.25, 0.3) is 0 Å². The number of benzene rings is 1. The van der Waals surface area contributed by atoms with Crippen LogP contribution < -0.4 is 0 Å². The summed E-state index contributed by atoms with van der Waals surface area (Å²) in [6, 6.07) is 6.04. The summed E-state index contributed by atoms with van der Waals surface area (Å²) in [6.07, 6.45) is 7.57. The first-order valence-corrected chi connectivity index (χ1v) is 5.80. The van der Waals surface area contributed by atoms with Crippen molar-refractivity contribution < 1.29 is 9.59 Å². The number of hydrogen-bond donors (Lipinski definition) is 0. The van der Waals surface area contributed by atoms with Crippen LogP contribution in [-0.2, 0) is 9.59 Å². The number of ketones is 2. The fourth-order valence-electron chi connectivity index (χ4n) is 1.92. The molecule has 0 aliphatic heterocycles. The van der Waals surface area contributed by atoms with Crippen LogP contribution in [0, 0.1) is 13.8 Å². The molecule has 2 nitrogen and oxygen atoms in total. The molecule has 1 aromatic rings. The second kappa shape index (κ2) is 4.96. The maximum Gasteiger partial charge on any atom is 0.186 e. The highest BCUT2D eigenvalue weighted by Gasteiger charge is 2.10. The largest absolute Gasteiger partial charge is 0.290 e. The Morgan fingerprint density at radius 3 is 2.28 bits per heavy atom. The van der Waals surface area contributed by atoms with Crippen molar-refractivity contribution in [1.82, 2.24) is 0 Å². The lowest BCUT2D eigenvalue weighted by Crippen LogP contribution is -2.05. The number of rotatable bonds is 2. The molecule has 1 aromatic carbocycles. The molecule has 0 amide bonds. The minimum absolute atomic E-state index is 0.128. The van der Waals surface area contributed by atoms with E-state index < -0.39 is 0 Å². The van der Waals surface area contributed by atoms with Crippen LogP contribution in [0.15, 0.2) is 48.1 Å². The topological polar surface area (TPSA) is 34.1 Å². The van der Waals surface area contributed by atoms with E-state index in [9.17, 15) is 9.59 Å². The second-order valence-corrected chi connectivity index (χ2v) is 4.34. The average Bonchev–Trinajstić information content (AvgIpc) is 2.33. The van der Waals surface area contributed by atoms with Gasteiger partial charge in [-0.05, 0) is 48.8 Å². The number of carbonyl (C=O) groups excluding carboxylic acids is 2. The molecular weight excluding hydrogens is 224 g/mol. The molecule has 0 saturated heterocycles. The van der Waals surface area contributed by atoms with E-state index in [-0.39, 0.29) is 11.6 Å². The molecule has 0 aromatic heterocycles. The SMILES string of the molecule is Cc1cccc(C)c1C=CC1=CC(=O)C=CC1=O. The van der Waals surface area contributed by atoms with E-state index in [0.29, 0.717) is 5.57 Å². The summed E-state index contributed by atoms with van der Waals surface area (Å²) in [4.78, 5) is 22.8. The molecule has 0 atom stereocenters. The van der Waals surface area contributed by atoms with Gasteiger partial charge in [0.2, 0.25) is 0 Å². The molecule has 0 bridgehead atoms. The van der Waals surface area contributed by atoms with Gasteiger partial charge in [-0.3, -0.25) is 9.59 Å². The fraction of sp³-hybridized carbons (Fsp3) is 0.125. The summed E-state index contributed by atoms with van der Waals surface area (Å²) in [5.74, 6) is -0.271. The minimum Gasteiger partial charge on any atom is -0.290 e. The van der Waals surface area contributed by atoms with Crippen LogP contribution >= 0.6 is 0 Å². The Kier molecular flexibility index (Phi) is 3.38. The third-order valence-corrected chi connectivity index (χ3v) is 2.95. The molecule has 0 N–H and O–H groups in total. The third-order valence-electron chi connectivity index (χ3n) is 2.95. The van der Waals surface area contributed by atoms with Gasteiger partial charge >= 0.3 is 0 Å². The Bertz CT molecular complexity index is 581. The number of carbonyl (C=O) groups is 2. The molecule has 2 heteroatoms. The molecule has 1 aliphatic carbocycles. The Labute approximate surface area is 106 Å². The van der Waals surface area contributed by atoms with Gasteiger partial charge in [-0.2, -0.15) is 0 Å². The van der Waals surface area contributed by atoms with Gasteiger partial charge < -0.3 is 0 Å². The van der Waals surface area contributed by atoms with Crippen molar-refractivity contribution in [1.29, 1.82) is 0 Å². The summed E-state index contributed by atoms with van der Waals surface area (Å²) in [7, 11) is 0. The lowest BCUT2D eigenvalue weighted by Gasteiger charge is -2.05. The zero-order chi connectivity index (χ0) is 13.1. The quantitative estimate of drug-likeness (QED) is 0.742. The van der Waals surface area contributed by atoms with Gasteiger partial charge in [-0.15, -0.1) is 0 Å². The van der Waals surface area contributed by atoms with E-state index in [0.717, 1.165) is 16.7 Å². The first-order chi connectivity index (χ1) is 8.58. The van der Waals surface area contributed by atoms with E-state index in [1.54, 1.807) is 6.08 Å². The molecular formula is C16H14O2. The predicted molar refractivity (Wildman–Crippen MR) is 72.2 cm³/mol. The highest BCUT2D eigenvalue weighted by atomic mass is 16.1. The van der Waals surface area contributed by atoms with Gasteiger partial charge in [-0.1, -0.05) is 30.4 Å². The van der Waals surface area contributed by atoms with Crippen LogP contribution in [-0.4, -0.2) is 11.6 Å². The van der Waals surface area contributed by atoms with Crippen molar-refractivity contribution in [2.75, 3.05) is 0 Å². The lowest BCUT2D eigenvalue weighted by atomic mass is 9.99. The summed E-state index contributed by atoms with van der Waals surface area (Å²) in [5, 5.41) is 0. The Morgan fingerprint density at radius 1 is 0.944 bits per heavy atom. The fourth-order valence-corrected chi connectivity index (χ4v) is 1.92. The van der Waals surface area contributed by atoms with Crippen molar-refractivity contribution in [2.24, 2.45) is 0 Å². The van der Waals surface area contributed by atoms with Crippen LogP contribution in [0.1, 0.15) is 16.7 Å². The van der Waals surface area contributed by atoms with Gasteiger partial charge in [0.15, 0.2) is 11.6 Å². The first-order valence-electron chi connectivity index (χ1n) is 5.80. The van der Waals surface area contributed by atoms with Gasteiger partial charge in [0, 0.05) is 5.57 Å². The molecule has 0 spiro atoms. The van der Waals surface area contributed by atoms with E-state index in [1.165, 1.54) is 18.2 Å². The maximum absolute atomic E-state index is 11.6. The van der Waals surface area contributed by atoms with Crippen molar-refractivity contribution in [2.45, 2.75) is 13.8 Å². The normalized spacial score (nSPS) is 15.3. The Hall–Kier alpha value is -2.22. The summed E-state index contributed by atoms with van der Waals surface area (Å²) in [6.45, 7) is 4.05.